The monoisotopic (exact) mass is 303 g/mol. The molecule has 22 heavy (non-hydrogen) atoms. The number of hydrogen-bond acceptors (Lipinski definition) is 4. The highest BCUT2D eigenvalue weighted by molar-refractivity contribution is 5.29. The van der Waals surface area contributed by atoms with Crippen LogP contribution < -0.4 is 5.32 Å². The fourth-order valence-electron chi connectivity index (χ4n) is 3.85. The minimum absolute atomic E-state index is 0.379. The number of nitrogens with one attached hydrogen (secondary N) is 1. The Kier molecular flexibility index (Phi) is 5.34. The van der Waals surface area contributed by atoms with E-state index in [1.807, 2.05) is 12.1 Å². The van der Waals surface area contributed by atoms with Crippen LogP contribution in [0.1, 0.15) is 31.4 Å². The summed E-state index contributed by atoms with van der Waals surface area (Å²) in [5.41, 5.74) is 1.25. The molecule has 0 amide bonds. The third-order valence-electron chi connectivity index (χ3n) is 5.02. The number of hydrogen-bond donors (Lipinski definition) is 2. The summed E-state index contributed by atoms with van der Waals surface area (Å²) in [6.45, 7) is 10.2. The highest BCUT2D eigenvalue weighted by Crippen LogP contribution is 2.27. The smallest absolute Gasteiger partial charge is 0.115 e. The van der Waals surface area contributed by atoms with Crippen molar-refractivity contribution in [1.82, 2.24) is 15.1 Å². The first-order valence-corrected chi connectivity index (χ1v) is 8.68. The Morgan fingerprint density at radius 3 is 2.82 bits per heavy atom. The summed E-state index contributed by atoms with van der Waals surface area (Å²) < 4.78 is 0. The van der Waals surface area contributed by atoms with Crippen molar-refractivity contribution in [3.8, 4) is 5.75 Å². The lowest BCUT2D eigenvalue weighted by Crippen LogP contribution is -2.49. The van der Waals surface area contributed by atoms with Crippen LogP contribution in [0.4, 0.5) is 0 Å². The van der Waals surface area contributed by atoms with Gasteiger partial charge in [-0.05, 0) is 43.0 Å². The summed E-state index contributed by atoms with van der Waals surface area (Å²) >= 11 is 0. The molecular weight excluding hydrogens is 274 g/mol. The molecule has 4 nitrogen and oxygen atoms in total. The van der Waals surface area contributed by atoms with E-state index in [2.05, 4.69) is 28.1 Å². The van der Waals surface area contributed by atoms with Crippen molar-refractivity contribution < 1.29 is 5.11 Å². The summed E-state index contributed by atoms with van der Waals surface area (Å²) in [6.07, 6.45) is 2.68. The quantitative estimate of drug-likeness (QED) is 0.893. The van der Waals surface area contributed by atoms with E-state index >= 15 is 0 Å². The summed E-state index contributed by atoms with van der Waals surface area (Å²) in [7, 11) is 0. The number of nitrogens with zero attached hydrogens (tertiary/aromatic N) is 2. The van der Waals surface area contributed by atoms with Gasteiger partial charge in [-0.2, -0.15) is 0 Å². The van der Waals surface area contributed by atoms with Crippen LogP contribution in [0.15, 0.2) is 24.3 Å². The molecule has 4 heteroatoms. The van der Waals surface area contributed by atoms with Gasteiger partial charge >= 0.3 is 0 Å². The van der Waals surface area contributed by atoms with Gasteiger partial charge in [0.2, 0.25) is 0 Å². The second-order valence-electron chi connectivity index (χ2n) is 6.90. The Balaban J connectivity index is 1.76. The Morgan fingerprint density at radius 1 is 1.27 bits per heavy atom. The van der Waals surface area contributed by atoms with Gasteiger partial charge in [-0.1, -0.05) is 19.1 Å². The number of piperazine rings is 1. The number of likely N-dealkylation sites (tertiary alicyclic amines) is 1. The van der Waals surface area contributed by atoms with Crippen molar-refractivity contribution in [2.75, 3.05) is 45.8 Å². The van der Waals surface area contributed by atoms with Gasteiger partial charge in [0.15, 0.2) is 0 Å². The lowest BCUT2D eigenvalue weighted by Gasteiger charge is -2.40. The third-order valence-corrected chi connectivity index (χ3v) is 5.02. The van der Waals surface area contributed by atoms with Gasteiger partial charge in [0.05, 0.1) is 0 Å². The highest BCUT2D eigenvalue weighted by atomic mass is 16.3. The summed E-state index contributed by atoms with van der Waals surface area (Å²) in [4.78, 5) is 5.19. The van der Waals surface area contributed by atoms with Crippen LogP contribution in [0.2, 0.25) is 0 Å². The first kappa shape index (κ1) is 15.8. The second kappa shape index (κ2) is 7.44. The first-order chi connectivity index (χ1) is 10.7. The Bertz CT molecular complexity index is 473. The Morgan fingerprint density at radius 2 is 2.09 bits per heavy atom. The molecule has 0 saturated carbocycles. The number of piperidine rings is 1. The van der Waals surface area contributed by atoms with Gasteiger partial charge < -0.3 is 15.3 Å². The van der Waals surface area contributed by atoms with Gasteiger partial charge in [-0.25, -0.2) is 0 Å². The summed E-state index contributed by atoms with van der Waals surface area (Å²) in [5.74, 6) is 1.19. The standard InChI is InChI=1S/C18H29N3O/c1-15-4-3-9-20(13-15)14-18(21-10-7-19-8-11-21)16-5-2-6-17(22)12-16/h2,5-6,12,15,18-19,22H,3-4,7-11,13-14H2,1H3. The maximum absolute atomic E-state index is 9.86. The largest absolute Gasteiger partial charge is 0.508 e. The third kappa shape index (κ3) is 4.00. The Hall–Kier alpha value is -1.10. The van der Waals surface area contributed by atoms with Crippen LogP contribution in [-0.2, 0) is 0 Å². The maximum atomic E-state index is 9.86. The molecule has 0 aromatic heterocycles. The van der Waals surface area contributed by atoms with Gasteiger partial charge in [-0.3, -0.25) is 4.90 Å². The van der Waals surface area contributed by atoms with Crippen LogP contribution in [0.3, 0.4) is 0 Å². The minimum atomic E-state index is 0.379. The zero-order valence-corrected chi connectivity index (χ0v) is 13.7. The molecule has 1 aromatic rings. The number of benzene rings is 1. The SMILES string of the molecule is CC1CCCN(CC(c2cccc(O)c2)N2CCNCC2)C1. The van der Waals surface area contributed by atoms with E-state index in [1.165, 1.54) is 31.5 Å². The van der Waals surface area contributed by atoms with Gasteiger partial charge in [0.1, 0.15) is 5.75 Å². The maximum Gasteiger partial charge on any atom is 0.115 e. The van der Waals surface area contributed by atoms with E-state index in [0.29, 0.717) is 11.8 Å². The molecule has 122 valence electrons. The van der Waals surface area contributed by atoms with E-state index in [9.17, 15) is 5.11 Å². The second-order valence-corrected chi connectivity index (χ2v) is 6.90. The number of phenols is 1. The minimum Gasteiger partial charge on any atom is -0.508 e. The zero-order valence-electron chi connectivity index (χ0n) is 13.7. The fourth-order valence-corrected chi connectivity index (χ4v) is 3.85. The van der Waals surface area contributed by atoms with Crippen LogP contribution in [0, 0.1) is 5.92 Å². The predicted octanol–water partition coefficient (Wildman–Crippen LogP) is 2.07. The van der Waals surface area contributed by atoms with Crippen molar-refractivity contribution in [2.24, 2.45) is 5.92 Å². The van der Waals surface area contributed by atoms with Crippen LogP contribution >= 0.6 is 0 Å². The lowest BCUT2D eigenvalue weighted by molar-refractivity contribution is 0.1000. The molecule has 2 unspecified atom stereocenters. The molecule has 0 radical (unpaired) electrons. The molecule has 3 rings (SSSR count). The molecule has 0 aliphatic carbocycles. The van der Waals surface area contributed by atoms with E-state index in [-0.39, 0.29) is 0 Å². The molecule has 1 aromatic carbocycles. The highest BCUT2D eigenvalue weighted by Gasteiger charge is 2.26. The molecule has 0 spiro atoms. The first-order valence-electron chi connectivity index (χ1n) is 8.68. The lowest BCUT2D eigenvalue weighted by atomic mass is 9.97. The average molecular weight is 303 g/mol. The number of rotatable bonds is 4. The average Bonchev–Trinajstić information content (AvgIpc) is 2.53. The van der Waals surface area contributed by atoms with Crippen molar-refractivity contribution in [1.29, 1.82) is 0 Å². The molecule has 2 fully saturated rings. The van der Waals surface area contributed by atoms with Gasteiger partial charge in [0.25, 0.3) is 0 Å². The molecule has 2 heterocycles. The van der Waals surface area contributed by atoms with Gasteiger partial charge in [-0.15, -0.1) is 0 Å². The van der Waals surface area contributed by atoms with Crippen LogP contribution in [0.5, 0.6) is 5.75 Å². The number of phenolic OH excluding ortho intramolecular Hbond substituents is 1. The molecule has 2 aliphatic rings. The van der Waals surface area contributed by atoms with Crippen LogP contribution in [-0.4, -0.2) is 60.7 Å². The Labute approximate surface area is 134 Å². The van der Waals surface area contributed by atoms with Crippen molar-refractivity contribution in [3.63, 3.8) is 0 Å². The molecule has 2 aliphatic heterocycles. The molecule has 2 saturated heterocycles. The topological polar surface area (TPSA) is 38.7 Å². The van der Waals surface area contributed by atoms with Crippen molar-refractivity contribution >= 4 is 0 Å². The van der Waals surface area contributed by atoms with Crippen LogP contribution in [0.25, 0.3) is 0 Å². The molecule has 0 bridgehead atoms. The molecule has 2 N–H and O–H groups in total. The van der Waals surface area contributed by atoms with Crippen molar-refractivity contribution in [3.05, 3.63) is 29.8 Å². The molecular formula is C18H29N3O. The fraction of sp³-hybridized carbons (Fsp3) is 0.667. The van der Waals surface area contributed by atoms with Gasteiger partial charge in [0, 0.05) is 45.3 Å². The van der Waals surface area contributed by atoms with E-state index in [0.717, 1.165) is 38.6 Å². The van der Waals surface area contributed by atoms with E-state index in [4.69, 9.17) is 0 Å². The summed E-state index contributed by atoms with van der Waals surface area (Å²) in [6, 6.07) is 8.24. The summed E-state index contributed by atoms with van der Waals surface area (Å²) in [5, 5.41) is 13.3. The normalized spacial score (nSPS) is 26.0. The van der Waals surface area contributed by atoms with E-state index < -0.39 is 0 Å². The van der Waals surface area contributed by atoms with Crippen molar-refractivity contribution in [2.45, 2.75) is 25.8 Å². The van der Waals surface area contributed by atoms with E-state index in [1.54, 1.807) is 6.07 Å². The predicted molar refractivity (Wildman–Crippen MR) is 90.1 cm³/mol. The zero-order chi connectivity index (χ0) is 15.4. The number of aromatic hydroxyl groups is 1. The molecule has 2 atom stereocenters.